The van der Waals surface area contributed by atoms with Crippen LogP contribution in [0.5, 0.6) is 0 Å². The minimum atomic E-state index is -1.06. The molecule has 0 aliphatic heterocycles. The van der Waals surface area contributed by atoms with Crippen molar-refractivity contribution in [2.75, 3.05) is 6.54 Å². The summed E-state index contributed by atoms with van der Waals surface area (Å²) in [5.41, 5.74) is 5.37. The fraction of sp³-hybridized carbons (Fsp3) is 0.905. The minimum Gasteiger partial charge on any atom is -0.480 e. The first-order valence-corrected chi connectivity index (χ1v) is 10.9. The predicted molar refractivity (Wildman–Crippen MR) is 110 cm³/mol. The molecule has 6 nitrogen and oxygen atoms in total. The minimum absolute atomic E-state index is 0.0375. The summed E-state index contributed by atoms with van der Waals surface area (Å²) in [5.74, 6) is -1.47. The van der Waals surface area contributed by atoms with Gasteiger partial charge in [-0.25, -0.2) is 4.79 Å². The van der Waals surface area contributed by atoms with Gasteiger partial charge in [0.15, 0.2) is 0 Å². The Balaban J connectivity index is 3.63. The number of carbonyl (C=O) groups excluding carboxylic acids is 1. The highest BCUT2D eigenvalue weighted by Gasteiger charge is 2.20. The first-order valence-electron chi connectivity index (χ1n) is 10.9. The number of carboxylic acids is 1. The second kappa shape index (κ2) is 18.2. The highest BCUT2D eigenvalue weighted by molar-refractivity contribution is 5.83. The van der Waals surface area contributed by atoms with Crippen molar-refractivity contribution in [2.24, 2.45) is 5.73 Å². The molecule has 5 N–H and O–H groups in total. The molecule has 0 heterocycles. The third-order valence-electron chi connectivity index (χ3n) is 4.89. The van der Waals surface area contributed by atoms with Crippen molar-refractivity contribution >= 4 is 11.9 Å². The number of unbranched alkanes of at least 4 members (excludes halogenated alkanes) is 10. The van der Waals surface area contributed by atoms with E-state index in [1.54, 1.807) is 0 Å². The standard InChI is InChI=1S/C21H42N2O4/c1-2-3-4-5-6-7-8-9-10-11-12-14-18(24)17-20(25)23-19(21(26)27)15-13-16-22/h18-19,24H,2-17,22H2,1H3,(H,23,25)(H,26,27)/t18?,19-/m1/s1. The lowest BCUT2D eigenvalue weighted by Gasteiger charge is -2.16. The summed E-state index contributed by atoms with van der Waals surface area (Å²) in [4.78, 5) is 23.0. The topological polar surface area (TPSA) is 113 Å². The first kappa shape index (κ1) is 25.9. The molecule has 27 heavy (non-hydrogen) atoms. The molecule has 0 aliphatic carbocycles. The fourth-order valence-electron chi connectivity index (χ4n) is 3.19. The van der Waals surface area contributed by atoms with Gasteiger partial charge in [-0.2, -0.15) is 0 Å². The number of carboxylic acid groups (broad SMARTS) is 1. The van der Waals surface area contributed by atoms with E-state index in [4.69, 9.17) is 10.8 Å². The summed E-state index contributed by atoms with van der Waals surface area (Å²) >= 11 is 0. The van der Waals surface area contributed by atoms with Gasteiger partial charge in [-0.3, -0.25) is 4.79 Å². The lowest BCUT2D eigenvalue weighted by molar-refractivity contribution is -0.142. The molecule has 0 radical (unpaired) electrons. The van der Waals surface area contributed by atoms with Crippen molar-refractivity contribution in [2.45, 2.75) is 115 Å². The van der Waals surface area contributed by atoms with Crippen LogP contribution in [0.4, 0.5) is 0 Å². The van der Waals surface area contributed by atoms with Crippen LogP contribution in [0.2, 0.25) is 0 Å². The van der Waals surface area contributed by atoms with E-state index in [0.29, 0.717) is 25.8 Å². The van der Waals surface area contributed by atoms with Gasteiger partial charge in [0.05, 0.1) is 12.5 Å². The second-order valence-corrected chi connectivity index (χ2v) is 7.57. The van der Waals surface area contributed by atoms with Crippen LogP contribution in [0.15, 0.2) is 0 Å². The van der Waals surface area contributed by atoms with Gasteiger partial charge in [-0.15, -0.1) is 0 Å². The Morgan fingerprint density at radius 2 is 1.37 bits per heavy atom. The van der Waals surface area contributed by atoms with Crippen molar-refractivity contribution in [1.29, 1.82) is 0 Å². The lowest BCUT2D eigenvalue weighted by Crippen LogP contribution is -2.42. The SMILES string of the molecule is CCCCCCCCCCCCCC(O)CC(=O)N[C@H](CCCN)C(=O)O. The summed E-state index contributed by atoms with van der Waals surface area (Å²) in [6.07, 6.45) is 14.4. The molecule has 6 heteroatoms. The zero-order valence-electron chi connectivity index (χ0n) is 17.3. The van der Waals surface area contributed by atoms with Gasteiger partial charge < -0.3 is 21.3 Å². The molecule has 0 bridgehead atoms. The van der Waals surface area contributed by atoms with Gasteiger partial charge in [0.1, 0.15) is 6.04 Å². The van der Waals surface area contributed by atoms with Gasteiger partial charge in [-0.05, 0) is 25.8 Å². The fourth-order valence-corrected chi connectivity index (χ4v) is 3.19. The Kier molecular flexibility index (Phi) is 17.5. The normalized spacial score (nSPS) is 13.3. The van der Waals surface area contributed by atoms with E-state index in [0.717, 1.165) is 12.8 Å². The van der Waals surface area contributed by atoms with E-state index in [-0.39, 0.29) is 6.42 Å². The largest absolute Gasteiger partial charge is 0.480 e. The Labute approximate surface area is 165 Å². The third-order valence-corrected chi connectivity index (χ3v) is 4.89. The Hall–Kier alpha value is -1.14. The van der Waals surface area contributed by atoms with Crippen molar-refractivity contribution in [3.8, 4) is 0 Å². The van der Waals surface area contributed by atoms with E-state index in [1.165, 1.54) is 57.8 Å². The number of nitrogens with one attached hydrogen (secondary N) is 1. The van der Waals surface area contributed by atoms with Crippen molar-refractivity contribution in [3.05, 3.63) is 0 Å². The number of amides is 1. The van der Waals surface area contributed by atoms with Crippen LogP contribution in [0.25, 0.3) is 0 Å². The zero-order valence-corrected chi connectivity index (χ0v) is 17.3. The summed E-state index contributed by atoms with van der Waals surface area (Å²) in [6, 6.07) is -0.921. The highest BCUT2D eigenvalue weighted by Crippen LogP contribution is 2.13. The van der Waals surface area contributed by atoms with E-state index in [2.05, 4.69) is 12.2 Å². The number of aliphatic hydroxyl groups is 1. The molecule has 0 aromatic carbocycles. The summed E-state index contributed by atoms with van der Waals surface area (Å²) < 4.78 is 0. The highest BCUT2D eigenvalue weighted by atomic mass is 16.4. The van der Waals surface area contributed by atoms with Gasteiger partial charge in [0.2, 0.25) is 5.91 Å². The number of aliphatic carboxylic acids is 1. The molecule has 0 aromatic rings. The van der Waals surface area contributed by atoms with Crippen LogP contribution in [-0.2, 0) is 9.59 Å². The number of aliphatic hydroxyl groups excluding tert-OH is 1. The van der Waals surface area contributed by atoms with Gasteiger partial charge >= 0.3 is 5.97 Å². The molecule has 1 unspecified atom stereocenters. The van der Waals surface area contributed by atoms with Crippen molar-refractivity contribution < 1.29 is 19.8 Å². The molecule has 0 rings (SSSR count). The number of carbonyl (C=O) groups is 2. The predicted octanol–water partition coefficient (Wildman–Crippen LogP) is 3.75. The Morgan fingerprint density at radius 3 is 1.85 bits per heavy atom. The number of hydrogen-bond donors (Lipinski definition) is 4. The molecule has 0 aliphatic rings. The van der Waals surface area contributed by atoms with Crippen LogP contribution in [-0.4, -0.2) is 40.8 Å². The van der Waals surface area contributed by atoms with Crippen LogP contribution in [0.3, 0.4) is 0 Å². The van der Waals surface area contributed by atoms with E-state index in [1.807, 2.05) is 0 Å². The van der Waals surface area contributed by atoms with Crippen molar-refractivity contribution in [3.63, 3.8) is 0 Å². The maximum absolute atomic E-state index is 11.9. The van der Waals surface area contributed by atoms with Crippen LogP contribution in [0, 0.1) is 0 Å². The van der Waals surface area contributed by atoms with E-state index < -0.39 is 24.0 Å². The van der Waals surface area contributed by atoms with Crippen LogP contribution < -0.4 is 11.1 Å². The van der Waals surface area contributed by atoms with Gasteiger partial charge in [0.25, 0.3) is 0 Å². The molecule has 0 saturated carbocycles. The Bertz CT molecular complexity index is 377. The second-order valence-electron chi connectivity index (χ2n) is 7.57. The number of rotatable bonds is 19. The van der Waals surface area contributed by atoms with Gasteiger partial charge in [-0.1, -0.05) is 77.6 Å². The van der Waals surface area contributed by atoms with Crippen LogP contribution in [0.1, 0.15) is 103 Å². The Morgan fingerprint density at radius 1 is 0.852 bits per heavy atom. The third kappa shape index (κ3) is 16.7. The average Bonchev–Trinajstić information content (AvgIpc) is 2.62. The monoisotopic (exact) mass is 386 g/mol. The molecule has 0 saturated heterocycles. The average molecular weight is 387 g/mol. The van der Waals surface area contributed by atoms with Crippen molar-refractivity contribution in [1.82, 2.24) is 5.32 Å². The van der Waals surface area contributed by atoms with E-state index >= 15 is 0 Å². The van der Waals surface area contributed by atoms with Crippen LogP contribution >= 0.6 is 0 Å². The zero-order chi connectivity index (χ0) is 20.3. The maximum atomic E-state index is 11.9. The summed E-state index contributed by atoms with van der Waals surface area (Å²) in [6.45, 7) is 2.63. The molecule has 160 valence electrons. The smallest absolute Gasteiger partial charge is 0.326 e. The number of hydrogen-bond acceptors (Lipinski definition) is 4. The maximum Gasteiger partial charge on any atom is 0.326 e. The molecule has 0 fully saturated rings. The lowest BCUT2D eigenvalue weighted by atomic mass is 10.0. The van der Waals surface area contributed by atoms with E-state index in [9.17, 15) is 14.7 Å². The molecule has 1 amide bonds. The molecular weight excluding hydrogens is 344 g/mol. The first-order chi connectivity index (χ1) is 13.0. The molecule has 2 atom stereocenters. The molecular formula is C21H42N2O4. The quantitative estimate of drug-likeness (QED) is 0.253. The number of nitrogens with two attached hydrogens (primary N) is 1. The molecule has 0 spiro atoms. The summed E-state index contributed by atoms with van der Waals surface area (Å²) in [5, 5.41) is 21.5. The summed E-state index contributed by atoms with van der Waals surface area (Å²) in [7, 11) is 0. The van der Waals surface area contributed by atoms with Gasteiger partial charge in [0, 0.05) is 0 Å². The molecule has 0 aromatic heterocycles.